The van der Waals surface area contributed by atoms with Gasteiger partial charge in [0.15, 0.2) is 0 Å². The zero-order valence-electron chi connectivity index (χ0n) is 17.7. The Hall–Kier alpha value is -4.32. The Kier molecular flexibility index (Phi) is 6.03. The number of methoxy groups -OCH3 is 2. The summed E-state index contributed by atoms with van der Waals surface area (Å²) >= 11 is 0. The highest BCUT2D eigenvalue weighted by molar-refractivity contribution is 6.13. The van der Waals surface area contributed by atoms with Gasteiger partial charge in [-0.1, -0.05) is 24.3 Å². The van der Waals surface area contributed by atoms with E-state index in [1.165, 1.54) is 0 Å². The van der Waals surface area contributed by atoms with E-state index in [9.17, 15) is 9.90 Å². The monoisotopic (exact) mass is 426 g/mol. The van der Waals surface area contributed by atoms with E-state index in [2.05, 4.69) is 10.5 Å². The number of aromatic hydroxyl groups is 1. The average Bonchev–Trinajstić information content (AvgIpc) is 2.84. The summed E-state index contributed by atoms with van der Waals surface area (Å²) in [5, 5.41) is 16.5. The zero-order chi connectivity index (χ0) is 22.5. The summed E-state index contributed by atoms with van der Waals surface area (Å²) < 4.78 is 10.5. The first kappa shape index (κ1) is 20.9. The molecule has 0 aliphatic heterocycles. The van der Waals surface area contributed by atoms with Crippen LogP contribution in [0.4, 0.5) is 0 Å². The summed E-state index contributed by atoms with van der Waals surface area (Å²) in [6.07, 6.45) is 0. The summed E-state index contributed by atoms with van der Waals surface area (Å²) in [5.74, 6) is 0.820. The van der Waals surface area contributed by atoms with Crippen LogP contribution in [0.3, 0.4) is 0 Å². The topological polar surface area (TPSA) is 80.2 Å². The van der Waals surface area contributed by atoms with Crippen LogP contribution < -0.4 is 14.9 Å². The minimum Gasteiger partial charge on any atom is -0.507 e. The minimum absolute atomic E-state index is 0.105. The molecule has 160 valence electrons. The van der Waals surface area contributed by atoms with Crippen molar-refractivity contribution in [2.75, 3.05) is 14.2 Å². The maximum absolute atomic E-state index is 12.9. The van der Waals surface area contributed by atoms with Crippen LogP contribution in [0.2, 0.25) is 0 Å². The van der Waals surface area contributed by atoms with Crippen molar-refractivity contribution in [1.82, 2.24) is 5.43 Å². The number of nitrogens with one attached hydrogen (secondary N) is 1. The van der Waals surface area contributed by atoms with Crippen LogP contribution in [0.5, 0.6) is 17.2 Å². The number of phenols is 1. The number of carbonyl (C=O) groups is 1. The van der Waals surface area contributed by atoms with E-state index in [0.29, 0.717) is 17.2 Å². The van der Waals surface area contributed by atoms with Crippen molar-refractivity contribution in [1.29, 1.82) is 0 Å². The molecule has 0 saturated carbocycles. The molecule has 0 atom stereocenters. The largest absolute Gasteiger partial charge is 0.507 e. The number of benzene rings is 4. The Bertz CT molecular complexity index is 1230. The van der Waals surface area contributed by atoms with Crippen molar-refractivity contribution in [2.45, 2.75) is 0 Å². The molecule has 0 bridgehead atoms. The molecule has 0 unspecified atom stereocenters. The fraction of sp³-hybridized carbons (Fsp3) is 0.0769. The first-order valence-corrected chi connectivity index (χ1v) is 9.97. The molecule has 32 heavy (non-hydrogen) atoms. The highest BCUT2D eigenvalue weighted by atomic mass is 16.5. The van der Waals surface area contributed by atoms with Crippen LogP contribution in [0.25, 0.3) is 10.8 Å². The van der Waals surface area contributed by atoms with Crippen LogP contribution >= 0.6 is 0 Å². The molecule has 6 nitrogen and oxygen atoms in total. The molecule has 6 heteroatoms. The standard InChI is InChI=1S/C26H22N2O4/c1-31-21-11-7-17(8-12-21)25(18-9-13-22(32-2)14-10-18)27-28-26(30)23-15-19-5-3-4-6-20(19)16-24(23)29/h3-16,29H,1-2H3,(H,28,30). The lowest BCUT2D eigenvalue weighted by atomic mass is 10.0. The van der Waals surface area contributed by atoms with Crippen LogP contribution in [0.15, 0.2) is 90.0 Å². The van der Waals surface area contributed by atoms with Crippen LogP contribution in [-0.4, -0.2) is 30.9 Å². The Morgan fingerprint density at radius 1 is 0.781 bits per heavy atom. The van der Waals surface area contributed by atoms with Gasteiger partial charge in [0.05, 0.1) is 25.5 Å². The lowest BCUT2D eigenvalue weighted by Crippen LogP contribution is -2.20. The second-order valence-electron chi connectivity index (χ2n) is 7.07. The second kappa shape index (κ2) is 9.22. The summed E-state index contributed by atoms with van der Waals surface area (Å²) in [4.78, 5) is 12.9. The van der Waals surface area contributed by atoms with Gasteiger partial charge in [-0.3, -0.25) is 4.79 Å². The van der Waals surface area contributed by atoms with Crippen molar-refractivity contribution in [3.63, 3.8) is 0 Å². The molecular formula is C26H22N2O4. The molecule has 0 radical (unpaired) electrons. The molecule has 0 saturated heterocycles. The van der Waals surface area contributed by atoms with E-state index in [1.54, 1.807) is 26.4 Å². The van der Waals surface area contributed by atoms with Gasteiger partial charge in [-0.2, -0.15) is 5.10 Å². The number of phenolic OH excluding ortho intramolecular Hbond substituents is 1. The molecule has 4 aromatic rings. The van der Waals surface area contributed by atoms with Gasteiger partial charge in [-0.25, -0.2) is 5.43 Å². The Labute approximate surface area is 185 Å². The van der Waals surface area contributed by atoms with E-state index < -0.39 is 5.91 Å². The molecule has 2 N–H and O–H groups in total. The molecule has 0 aromatic heterocycles. The van der Waals surface area contributed by atoms with E-state index in [1.807, 2.05) is 72.8 Å². The van der Waals surface area contributed by atoms with E-state index in [4.69, 9.17) is 9.47 Å². The lowest BCUT2D eigenvalue weighted by molar-refractivity contribution is 0.0952. The summed E-state index contributed by atoms with van der Waals surface area (Å²) in [7, 11) is 3.20. The van der Waals surface area contributed by atoms with Crippen molar-refractivity contribution in [3.8, 4) is 17.2 Å². The molecule has 0 heterocycles. The highest BCUT2D eigenvalue weighted by Crippen LogP contribution is 2.25. The number of rotatable bonds is 6. The molecular weight excluding hydrogens is 404 g/mol. The molecule has 0 aliphatic rings. The normalized spacial score (nSPS) is 10.4. The molecule has 0 aliphatic carbocycles. The SMILES string of the molecule is COc1ccc(C(=NNC(=O)c2cc3ccccc3cc2O)c2ccc(OC)cc2)cc1. The highest BCUT2D eigenvalue weighted by Gasteiger charge is 2.14. The number of ether oxygens (including phenoxy) is 2. The van der Waals surface area contributed by atoms with Crippen molar-refractivity contribution in [3.05, 3.63) is 102 Å². The van der Waals surface area contributed by atoms with Crippen molar-refractivity contribution in [2.24, 2.45) is 5.10 Å². The van der Waals surface area contributed by atoms with E-state index in [-0.39, 0.29) is 11.3 Å². The third-order valence-electron chi connectivity index (χ3n) is 5.10. The van der Waals surface area contributed by atoms with Gasteiger partial charge in [-0.15, -0.1) is 0 Å². The van der Waals surface area contributed by atoms with Gasteiger partial charge >= 0.3 is 0 Å². The van der Waals surface area contributed by atoms with Crippen molar-refractivity contribution < 1.29 is 19.4 Å². The number of hydrogen-bond acceptors (Lipinski definition) is 5. The predicted octanol–water partition coefficient (Wildman–Crippen LogP) is 4.75. The lowest BCUT2D eigenvalue weighted by Gasteiger charge is -2.11. The first-order valence-electron chi connectivity index (χ1n) is 9.97. The Morgan fingerprint density at radius 2 is 1.28 bits per heavy atom. The predicted molar refractivity (Wildman–Crippen MR) is 125 cm³/mol. The molecule has 1 amide bonds. The number of amides is 1. The average molecular weight is 426 g/mol. The number of fused-ring (bicyclic) bond motifs is 1. The number of hydrazone groups is 1. The molecule has 0 fully saturated rings. The van der Waals surface area contributed by atoms with Gasteiger partial charge in [0, 0.05) is 11.1 Å². The fourth-order valence-corrected chi connectivity index (χ4v) is 3.37. The zero-order valence-corrected chi connectivity index (χ0v) is 17.7. The Balaban J connectivity index is 1.69. The van der Waals surface area contributed by atoms with Gasteiger partial charge in [-0.05, 0) is 71.4 Å². The summed E-state index contributed by atoms with van der Waals surface area (Å²) in [6.45, 7) is 0. The van der Waals surface area contributed by atoms with Gasteiger partial charge in [0.2, 0.25) is 0 Å². The first-order chi connectivity index (χ1) is 15.6. The molecule has 0 spiro atoms. The second-order valence-corrected chi connectivity index (χ2v) is 7.07. The van der Waals surface area contributed by atoms with Crippen LogP contribution in [0.1, 0.15) is 21.5 Å². The quantitative estimate of drug-likeness (QED) is 0.345. The molecule has 4 rings (SSSR count). The van der Waals surface area contributed by atoms with E-state index >= 15 is 0 Å². The number of carbonyl (C=O) groups excluding carboxylic acids is 1. The minimum atomic E-state index is -0.507. The third kappa shape index (κ3) is 4.39. The van der Waals surface area contributed by atoms with Gasteiger partial charge in [0.25, 0.3) is 5.91 Å². The maximum atomic E-state index is 12.9. The fourth-order valence-electron chi connectivity index (χ4n) is 3.37. The smallest absolute Gasteiger partial charge is 0.275 e. The van der Waals surface area contributed by atoms with Crippen LogP contribution in [0, 0.1) is 0 Å². The van der Waals surface area contributed by atoms with E-state index in [0.717, 1.165) is 21.9 Å². The molecule has 4 aromatic carbocycles. The maximum Gasteiger partial charge on any atom is 0.275 e. The number of hydrogen-bond donors (Lipinski definition) is 2. The summed E-state index contributed by atoms with van der Waals surface area (Å²) in [6, 6.07) is 25.5. The van der Waals surface area contributed by atoms with Crippen LogP contribution in [-0.2, 0) is 0 Å². The summed E-state index contributed by atoms with van der Waals surface area (Å²) in [5.41, 5.74) is 4.88. The Morgan fingerprint density at radius 3 is 1.78 bits per heavy atom. The third-order valence-corrected chi connectivity index (χ3v) is 5.10. The number of nitrogens with zero attached hydrogens (tertiary/aromatic N) is 1. The van der Waals surface area contributed by atoms with Gasteiger partial charge in [0.1, 0.15) is 17.2 Å². The van der Waals surface area contributed by atoms with Gasteiger partial charge < -0.3 is 14.6 Å². The van der Waals surface area contributed by atoms with Crippen molar-refractivity contribution >= 4 is 22.4 Å².